The first-order valence-corrected chi connectivity index (χ1v) is 11.4. The van der Waals surface area contributed by atoms with Crippen molar-refractivity contribution in [3.8, 4) is 0 Å². The first-order valence-electron chi connectivity index (χ1n) is 11.4. The molecule has 1 aromatic carbocycles. The molecule has 8 heteroatoms. The number of pyridine rings is 1. The Labute approximate surface area is 193 Å². The third-order valence-electron chi connectivity index (χ3n) is 5.96. The number of aryl methyl sites for hydroxylation is 1. The van der Waals surface area contributed by atoms with Crippen LogP contribution in [0.4, 0.5) is 0 Å². The Morgan fingerprint density at radius 1 is 1.18 bits per heavy atom. The minimum Gasteiger partial charge on any atom is -0.348 e. The van der Waals surface area contributed by atoms with Crippen LogP contribution in [0.1, 0.15) is 72.4 Å². The third-order valence-corrected chi connectivity index (χ3v) is 5.96. The van der Waals surface area contributed by atoms with E-state index >= 15 is 0 Å². The highest BCUT2D eigenvalue weighted by Gasteiger charge is 2.30. The highest BCUT2D eigenvalue weighted by molar-refractivity contribution is 6.06. The van der Waals surface area contributed by atoms with Crippen LogP contribution in [0, 0.1) is 6.92 Å². The minimum absolute atomic E-state index is 0.0949. The number of hydrogen-bond donors (Lipinski definition) is 1. The minimum atomic E-state index is -0.222. The van der Waals surface area contributed by atoms with Crippen LogP contribution in [0.3, 0.4) is 0 Å². The second-order valence-electron chi connectivity index (χ2n) is 9.83. The number of hydrogen-bond acceptors (Lipinski definition) is 5. The summed E-state index contributed by atoms with van der Waals surface area (Å²) in [6, 6.07) is 10.1. The molecule has 0 spiro atoms. The first-order chi connectivity index (χ1) is 15.8. The normalized spacial score (nSPS) is 14.1. The second-order valence-corrected chi connectivity index (χ2v) is 9.83. The lowest BCUT2D eigenvalue weighted by molar-refractivity contribution is 0.0952. The monoisotopic (exact) mass is 443 g/mol. The summed E-state index contributed by atoms with van der Waals surface area (Å²) in [7, 11) is 0. The van der Waals surface area contributed by atoms with Crippen LogP contribution in [0.15, 0.2) is 43.0 Å². The summed E-state index contributed by atoms with van der Waals surface area (Å²) >= 11 is 0. The van der Waals surface area contributed by atoms with Crippen LogP contribution in [-0.2, 0) is 18.6 Å². The molecular weight excluding hydrogens is 414 g/mol. The molecule has 1 aliphatic rings. The molecule has 1 saturated carbocycles. The SMILES string of the molecule is Cc1nn(C(C)(C)C)c2nc(C3CC3)cc(C(=O)NCc3cccc(Cn4cncn4)c3)c12. The molecule has 0 radical (unpaired) electrons. The molecule has 1 fully saturated rings. The summed E-state index contributed by atoms with van der Waals surface area (Å²) in [5, 5.41) is 12.9. The van der Waals surface area contributed by atoms with E-state index in [0.717, 1.165) is 46.4 Å². The molecule has 0 bridgehead atoms. The van der Waals surface area contributed by atoms with Crippen molar-refractivity contribution in [3.63, 3.8) is 0 Å². The molecule has 0 aliphatic heterocycles. The van der Waals surface area contributed by atoms with Crippen LogP contribution in [0.25, 0.3) is 11.0 Å². The van der Waals surface area contributed by atoms with Gasteiger partial charge in [-0.15, -0.1) is 0 Å². The molecule has 4 aromatic rings. The number of carbonyl (C=O) groups excluding carboxylic acids is 1. The Morgan fingerprint density at radius 3 is 2.67 bits per heavy atom. The highest BCUT2D eigenvalue weighted by atomic mass is 16.1. The molecule has 8 nitrogen and oxygen atoms in total. The topological polar surface area (TPSA) is 90.5 Å². The van der Waals surface area contributed by atoms with Gasteiger partial charge in [-0.05, 0) is 57.7 Å². The molecule has 0 saturated heterocycles. The van der Waals surface area contributed by atoms with Gasteiger partial charge in [-0.1, -0.05) is 24.3 Å². The fourth-order valence-electron chi connectivity index (χ4n) is 4.16. The van der Waals surface area contributed by atoms with Crippen molar-refractivity contribution < 1.29 is 4.79 Å². The van der Waals surface area contributed by atoms with Gasteiger partial charge in [0.25, 0.3) is 5.91 Å². The highest BCUT2D eigenvalue weighted by Crippen LogP contribution is 2.41. The molecule has 1 aliphatic carbocycles. The van der Waals surface area contributed by atoms with Crippen molar-refractivity contribution >= 4 is 16.9 Å². The van der Waals surface area contributed by atoms with Gasteiger partial charge in [0.1, 0.15) is 12.7 Å². The fourth-order valence-corrected chi connectivity index (χ4v) is 4.16. The number of benzene rings is 1. The number of fused-ring (bicyclic) bond motifs is 1. The Bertz CT molecular complexity index is 1310. The Kier molecular flexibility index (Phi) is 5.23. The first kappa shape index (κ1) is 21.3. The molecule has 1 N–H and O–H groups in total. The third kappa shape index (κ3) is 4.37. The van der Waals surface area contributed by atoms with E-state index in [-0.39, 0.29) is 11.4 Å². The number of carbonyl (C=O) groups is 1. The molecule has 5 rings (SSSR count). The zero-order valence-corrected chi connectivity index (χ0v) is 19.5. The molecule has 3 aromatic heterocycles. The van der Waals surface area contributed by atoms with E-state index in [1.807, 2.05) is 35.9 Å². The van der Waals surface area contributed by atoms with Gasteiger partial charge in [-0.3, -0.25) is 4.79 Å². The standard InChI is InChI=1S/C25H29N7O/c1-16-22-20(11-21(19-8-9-19)29-23(22)32(30-16)25(2,3)4)24(33)27-12-17-6-5-7-18(10-17)13-31-15-26-14-28-31/h5-7,10-11,14-15,19H,8-9,12-13H2,1-4H3,(H,27,33). The van der Waals surface area contributed by atoms with Crippen molar-refractivity contribution in [3.05, 3.63) is 71.1 Å². The molecule has 0 atom stereocenters. The number of rotatable bonds is 6. The zero-order chi connectivity index (χ0) is 23.2. The van der Waals surface area contributed by atoms with E-state index in [9.17, 15) is 4.79 Å². The Hall–Kier alpha value is -3.55. The number of aromatic nitrogens is 6. The van der Waals surface area contributed by atoms with Crippen LogP contribution < -0.4 is 5.32 Å². The van der Waals surface area contributed by atoms with E-state index in [4.69, 9.17) is 10.1 Å². The summed E-state index contributed by atoms with van der Waals surface area (Å²) in [5.41, 5.74) is 5.20. The molecule has 33 heavy (non-hydrogen) atoms. The van der Waals surface area contributed by atoms with E-state index < -0.39 is 0 Å². The molecule has 0 unspecified atom stereocenters. The van der Waals surface area contributed by atoms with Crippen molar-refractivity contribution in [2.24, 2.45) is 0 Å². The van der Waals surface area contributed by atoms with Gasteiger partial charge in [0.15, 0.2) is 5.65 Å². The zero-order valence-electron chi connectivity index (χ0n) is 19.5. The van der Waals surface area contributed by atoms with Crippen molar-refractivity contribution in [1.82, 2.24) is 34.8 Å². The lowest BCUT2D eigenvalue weighted by atomic mass is 10.1. The summed E-state index contributed by atoms with van der Waals surface area (Å²) in [5.74, 6) is 0.348. The van der Waals surface area contributed by atoms with E-state index in [1.54, 1.807) is 11.0 Å². The van der Waals surface area contributed by atoms with E-state index in [1.165, 1.54) is 6.33 Å². The summed E-state index contributed by atoms with van der Waals surface area (Å²) < 4.78 is 3.73. The Morgan fingerprint density at radius 2 is 1.97 bits per heavy atom. The van der Waals surface area contributed by atoms with Crippen molar-refractivity contribution in [2.75, 3.05) is 0 Å². The summed E-state index contributed by atoms with van der Waals surface area (Å²) in [6.45, 7) is 9.36. The Balaban J connectivity index is 1.42. The van der Waals surface area contributed by atoms with Gasteiger partial charge in [0, 0.05) is 18.2 Å². The van der Waals surface area contributed by atoms with Crippen LogP contribution >= 0.6 is 0 Å². The smallest absolute Gasteiger partial charge is 0.252 e. The van der Waals surface area contributed by atoms with Gasteiger partial charge in [0.2, 0.25) is 0 Å². The molecule has 170 valence electrons. The van der Waals surface area contributed by atoms with Crippen LogP contribution in [0.5, 0.6) is 0 Å². The number of nitrogens with one attached hydrogen (secondary N) is 1. The predicted molar refractivity (Wildman–Crippen MR) is 126 cm³/mol. The maximum atomic E-state index is 13.4. The molecule has 1 amide bonds. The average molecular weight is 444 g/mol. The van der Waals surface area contributed by atoms with Crippen molar-refractivity contribution in [2.45, 2.75) is 65.1 Å². The van der Waals surface area contributed by atoms with Crippen LogP contribution in [0.2, 0.25) is 0 Å². The van der Waals surface area contributed by atoms with E-state index in [2.05, 4.69) is 42.2 Å². The fraction of sp³-hybridized carbons (Fsp3) is 0.400. The maximum Gasteiger partial charge on any atom is 0.252 e. The second kappa shape index (κ2) is 8.10. The van der Waals surface area contributed by atoms with Crippen molar-refractivity contribution in [1.29, 1.82) is 0 Å². The quantitative estimate of drug-likeness (QED) is 0.487. The number of nitrogens with zero attached hydrogens (tertiary/aromatic N) is 6. The lowest BCUT2D eigenvalue weighted by Crippen LogP contribution is -2.25. The average Bonchev–Trinajstić information content (AvgIpc) is 3.40. The molecule has 3 heterocycles. The van der Waals surface area contributed by atoms with E-state index in [0.29, 0.717) is 24.6 Å². The lowest BCUT2D eigenvalue weighted by Gasteiger charge is -2.20. The van der Waals surface area contributed by atoms with Gasteiger partial charge in [-0.25, -0.2) is 19.3 Å². The van der Waals surface area contributed by atoms with Gasteiger partial charge in [0.05, 0.1) is 28.7 Å². The predicted octanol–water partition coefficient (Wildman–Crippen LogP) is 3.94. The summed E-state index contributed by atoms with van der Waals surface area (Å²) in [6.07, 6.45) is 5.47. The maximum absolute atomic E-state index is 13.4. The van der Waals surface area contributed by atoms with Gasteiger partial charge in [-0.2, -0.15) is 10.2 Å². The van der Waals surface area contributed by atoms with Gasteiger partial charge < -0.3 is 5.32 Å². The van der Waals surface area contributed by atoms with Crippen LogP contribution in [-0.4, -0.2) is 35.4 Å². The molecular formula is C25H29N7O. The van der Waals surface area contributed by atoms with Gasteiger partial charge >= 0.3 is 0 Å². The largest absolute Gasteiger partial charge is 0.348 e. The number of amides is 1. The summed E-state index contributed by atoms with van der Waals surface area (Å²) in [4.78, 5) is 22.3.